The van der Waals surface area contributed by atoms with Gasteiger partial charge in [-0.25, -0.2) is 9.37 Å². The van der Waals surface area contributed by atoms with Crippen molar-refractivity contribution in [3.8, 4) is 0 Å². The highest BCUT2D eigenvalue weighted by atomic mass is 35.5. The summed E-state index contributed by atoms with van der Waals surface area (Å²) < 4.78 is 15.2. The lowest BCUT2D eigenvalue weighted by atomic mass is 10.1. The lowest BCUT2D eigenvalue weighted by molar-refractivity contribution is 0.0719. The molecule has 1 saturated carbocycles. The summed E-state index contributed by atoms with van der Waals surface area (Å²) >= 11 is 5.93. The highest BCUT2D eigenvalue weighted by molar-refractivity contribution is 6.30. The Labute approximate surface area is 163 Å². The first kappa shape index (κ1) is 18.4. The minimum Gasteiger partial charge on any atom is -0.340 e. The summed E-state index contributed by atoms with van der Waals surface area (Å²) in [6.07, 6.45) is 3.37. The molecule has 2 aliphatic rings. The average molecular weight is 391 g/mol. The van der Waals surface area contributed by atoms with Gasteiger partial charge in [0.25, 0.3) is 5.91 Å². The number of carbonyl (C=O) groups is 1. The van der Waals surface area contributed by atoms with Crippen molar-refractivity contribution in [2.24, 2.45) is 24.8 Å². The molecule has 27 heavy (non-hydrogen) atoms. The van der Waals surface area contributed by atoms with Crippen molar-refractivity contribution in [2.75, 3.05) is 26.2 Å². The molecule has 1 saturated heterocycles. The van der Waals surface area contributed by atoms with Crippen LogP contribution in [0.4, 0.5) is 4.39 Å². The van der Waals surface area contributed by atoms with Gasteiger partial charge >= 0.3 is 0 Å². The summed E-state index contributed by atoms with van der Waals surface area (Å²) in [5.41, 5.74) is 1.26. The van der Waals surface area contributed by atoms with E-state index in [1.165, 1.54) is 6.07 Å². The first-order valence-corrected chi connectivity index (χ1v) is 9.77. The maximum atomic E-state index is 13.5. The van der Waals surface area contributed by atoms with Crippen LogP contribution in [0.15, 0.2) is 30.7 Å². The number of carbonyl (C=O) groups excluding carboxylic acids is 1. The van der Waals surface area contributed by atoms with Gasteiger partial charge in [0.05, 0.1) is 11.3 Å². The Morgan fingerprint density at radius 3 is 2.70 bits per heavy atom. The van der Waals surface area contributed by atoms with Crippen molar-refractivity contribution in [2.45, 2.75) is 13.5 Å². The molecule has 0 bridgehead atoms. The van der Waals surface area contributed by atoms with Crippen molar-refractivity contribution in [3.05, 3.63) is 52.8 Å². The van der Waals surface area contributed by atoms with Crippen LogP contribution in [0.3, 0.4) is 0 Å². The van der Waals surface area contributed by atoms with E-state index >= 15 is 0 Å². The maximum Gasteiger partial charge on any atom is 0.274 e. The van der Waals surface area contributed by atoms with Crippen LogP contribution in [0.2, 0.25) is 5.02 Å². The number of aromatic nitrogens is 2. The molecule has 0 N–H and O–H groups in total. The summed E-state index contributed by atoms with van der Waals surface area (Å²) in [4.78, 5) is 21.6. The number of hydrogen-bond acceptors (Lipinski definition) is 3. The van der Waals surface area contributed by atoms with Gasteiger partial charge < -0.3 is 14.4 Å². The van der Waals surface area contributed by atoms with E-state index in [9.17, 15) is 9.18 Å². The second kappa shape index (κ2) is 7.24. The first-order chi connectivity index (χ1) is 13.0. The highest BCUT2D eigenvalue weighted by Gasteiger charge is 2.55. The van der Waals surface area contributed by atoms with E-state index in [2.05, 4.69) is 16.8 Å². The minimum atomic E-state index is -0.445. The molecular weight excluding hydrogens is 367 g/mol. The number of fused-ring (bicyclic) bond motifs is 1. The zero-order chi connectivity index (χ0) is 19.1. The van der Waals surface area contributed by atoms with Gasteiger partial charge in [0.15, 0.2) is 0 Å². The Hall–Kier alpha value is -1.92. The SMILES string of the molecule is CCN1CC2C(C1)C2CN(Cc1ccc(F)c(Cl)c1)C(=O)c1cn(C)cn1. The molecule has 2 aromatic rings. The van der Waals surface area contributed by atoms with Crippen LogP contribution in [0.5, 0.6) is 0 Å². The van der Waals surface area contributed by atoms with Crippen LogP contribution in [0, 0.1) is 23.6 Å². The molecule has 0 spiro atoms. The normalized spacial score (nSPS) is 24.1. The lowest BCUT2D eigenvalue weighted by Gasteiger charge is -2.24. The number of benzene rings is 1. The van der Waals surface area contributed by atoms with Gasteiger partial charge in [0, 0.05) is 39.4 Å². The van der Waals surface area contributed by atoms with Gasteiger partial charge in [-0.1, -0.05) is 24.6 Å². The predicted octanol–water partition coefficient (Wildman–Crippen LogP) is 3.05. The summed E-state index contributed by atoms with van der Waals surface area (Å²) in [6, 6.07) is 4.64. The molecule has 1 amide bonds. The van der Waals surface area contributed by atoms with E-state index in [0.29, 0.717) is 36.5 Å². The summed E-state index contributed by atoms with van der Waals surface area (Å²) in [6.45, 7) is 6.64. The van der Waals surface area contributed by atoms with E-state index in [4.69, 9.17) is 11.6 Å². The summed E-state index contributed by atoms with van der Waals surface area (Å²) in [5.74, 6) is 1.37. The fraction of sp³-hybridized carbons (Fsp3) is 0.500. The van der Waals surface area contributed by atoms with Crippen molar-refractivity contribution in [1.82, 2.24) is 19.4 Å². The molecule has 2 heterocycles. The first-order valence-electron chi connectivity index (χ1n) is 9.39. The van der Waals surface area contributed by atoms with Crippen LogP contribution >= 0.6 is 11.6 Å². The van der Waals surface area contributed by atoms with E-state index in [-0.39, 0.29) is 10.9 Å². The number of amides is 1. The monoisotopic (exact) mass is 390 g/mol. The van der Waals surface area contributed by atoms with Gasteiger partial charge in [0.1, 0.15) is 11.5 Å². The molecule has 2 atom stereocenters. The fourth-order valence-electron chi connectivity index (χ4n) is 4.28. The number of likely N-dealkylation sites (tertiary alicyclic amines) is 1. The average Bonchev–Trinajstić information content (AvgIpc) is 3.02. The van der Waals surface area contributed by atoms with Crippen LogP contribution in [0.25, 0.3) is 0 Å². The summed E-state index contributed by atoms with van der Waals surface area (Å²) in [5, 5.41) is 0.0830. The minimum absolute atomic E-state index is 0.0830. The van der Waals surface area contributed by atoms with Crippen molar-refractivity contribution in [1.29, 1.82) is 0 Å². The quantitative estimate of drug-likeness (QED) is 0.761. The Balaban J connectivity index is 1.50. The molecular formula is C20H24ClFN4O. The highest BCUT2D eigenvalue weighted by Crippen LogP contribution is 2.52. The Morgan fingerprint density at radius 1 is 1.37 bits per heavy atom. The van der Waals surface area contributed by atoms with Crippen LogP contribution < -0.4 is 0 Å². The van der Waals surface area contributed by atoms with Crippen LogP contribution in [0.1, 0.15) is 23.0 Å². The van der Waals surface area contributed by atoms with Gasteiger partial charge in [-0.2, -0.15) is 0 Å². The van der Waals surface area contributed by atoms with E-state index < -0.39 is 5.82 Å². The second-order valence-corrected chi connectivity index (χ2v) is 8.11. The van der Waals surface area contributed by atoms with Crippen LogP contribution in [-0.4, -0.2) is 51.4 Å². The van der Waals surface area contributed by atoms with Crippen molar-refractivity contribution < 1.29 is 9.18 Å². The number of rotatable bonds is 6. The molecule has 1 aliphatic carbocycles. The third-order valence-electron chi connectivity index (χ3n) is 5.89. The standard InChI is InChI=1S/C20H24ClFN4O/c1-3-25-8-14-15(9-25)16(14)10-26(20(27)19-11-24(2)12-23-19)7-13-4-5-18(22)17(21)6-13/h4-6,11-12,14-16H,3,7-10H2,1-2H3. The topological polar surface area (TPSA) is 41.4 Å². The molecule has 4 rings (SSSR count). The molecule has 7 heteroatoms. The Bertz CT molecular complexity index is 842. The second-order valence-electron chi connectivity index (χ2n) is 7.70. The Kier molecular flexibility index (Phi) is 4.95. The molecule has 2 fully saturated rings. The fourth-order valence-corrected chi connectivity index (χ4v) is 4.49. The van der Waals surface area contributed by atoms with E-state index in [0.717, 1.165) is 25.2 Å². The number of imidazole rings is 1. The third-order valence-corrected chi connectivity index (χ3v) is 6.18. The van der Waals surface area contributed by atoms with Crippen LogP contribution in [-0.2, 0) is 13.6 Å². The van der Waals surface area contributed by atoms with Gasteiger partial charge in [-0.15, -0.1) is 0 Å². The van der Waals surface area contributed by atoms with E-state index in [1.807, 2.05) is 11.9 Å². The smallest absolute Gasteiger partial charge is 0.274 e. The van der Waals surface area contributed by atoms with Crippen molar-refractivity contribution >= 4 is 17.5 Å². The number of hydrogen-bond donors (Lipinski definition) is 0. The molecule has 2 unspecified atom stereocenters. The summed E-state index contributed by atoms with van der Waals surface area (Å²) in [7, 11) is 1.85. The predicted molar refractivity (Wildman–Crippen MR) is 102 cm³/mol. The van der Waals surface area contributed by atoms with Crippen molar-refractivity contribution in [3.63, 3.8) is 0 Å². The molecule has 0 radical (unpaired) electrons. The molecule has 1 aliphatic heterocycles. The molecule has 5 nitrogen and oxygen atoms in total. The zero-order valence-corrected chi connectivity index (χ0v) is 16.4. The number of aryl methyl sites for hydroxylation is 1. The lowest BCUT2D eigenvalue weighted by Crippen LogP contribution is -2.35. The molecule has 1 aromatic carbocycles. The number of nitrogens with zero attached hydrogens (tertiary/aromatic N) is 4. The van der Waals surface area contributed by atoms with Gasteiger partial charge in [0.2, 0.25) is 0 Å². The third kappa shape index (κ3) is 3.73. The number of halogens is 2. The largest absolute Gasteiger partial charge is 0.340 e. The Morgan fingerprint density at radius 2 is 2.11 bits per heavy atom. The maximum absolute atomic E-state index is 13.5. The molecule has 1 aromatic heterocycles. The zero-order valence-electron chi connectivity index (χ0n) is 15.6. The van der Waals surface area contributed by atoms with Gasteiger partial charge in [-0.05, 0) is 42.0 Å². The number of piperidine rings is 1. The van der Waals surface area contributed by atoms with Gasteiger partial charge in [-0.3, -0.25) is 4.79 Å². The van der Waals surface area contributed by atoms with E-state index in [1.54, 1.807) is 29.2 Å². The molecule has 144 valence electrons.